The normalized spacial score (nSPS) is 13.0. The summed E-state index contributed by atoms with van der Waals surface area (Å²) in [6, 6.07) is 23.0. The summed E-state index contributed by atoms with van der Waals surface area (Å²) in [5, 5.41) is 8.04. The van der Waals surface area contributed by atoms with E-state index in [-0.39, 0.29) is 10.8 Å². The summed E-state index contributed by atoms with van der Waals surface area (Å²) in [4.78, 5) is 0. The third-order valence-electron chi connectivity index (χ3n) is 5.56. The van der Waals surface area contributed by atoms with Crippen molar-refractivity contribution in [2.75, 3.05) is 0 Å². The molecule has 0 aliphatic carbocycles. The maximum Gasteiger partial charge on any atom is -0.00990 e. The van der Waals surface area contributed by atoms with Crippen molar-refractivity contribution in [1.29, 1.82) is 0 Å². The molecule has 0 saturated heterocycles. The van der Waals surface area contributed by atoms with Gasteiger partial charge in [-0.3, -0.25) is 0 Å². The van der Waals surface area contributed by atoms with Crippen molar-refractivity contribution < 1.29 is 0 Å². The zero-order valence-electron chi connectivity index (χ0n) is 16.8. The molecule has 26 heavy (non-hydrogen) atoms. The molecule has 0 unspecified atom stereocenters. The molecule has 0 aromatic heterocycles. The fourth-order valence-electron chi connectivity index (χ4n) is 3.82. The van der Waals surface area contributed by atoms with Crippen LogP contribution in [0.2, 0.25) is 0 Å². The standard InChI is InChI=1S/C26H28/c1-25(2,3)19-9-13-21-17(15-19)7-11-24-22-14-10-20(26(4,5)6)16-18(22)8-12-23(21)24/h7-16H,1-6H3. The maximum absolute atomic E-state index is 2.35. The number of fused-ring (bicyclic) bond motifs is 5. The molecule has 0 aliphatic rings. The molecular formula is C26H28. The van der Waals surface area contributed by atoms with E-state index >= 15 is 0 Å². The molecule has 0 radical (unpaired) electrons. The average Bonchev–Trinajstić information content (AvgIpc) is 2.58. The molecule has 0 amide bonds. The molecule has 132 valence electrons. The summed E-state index contributed by atoms with van der Waals surface area (Å²) in [6.07, 6.45) is 0. The van der Waals surface area contributed by atoms with Gasteiger partial charge < -0.3 is 0 Å². The summed E-state index contributed by atoms with van der Waals surface area (Å²) in [5.74, 6) is 0. The fourth-order valence-corrected chi connectivity index (χ4v) is 3.82. The highest BCUT2D eigenvalue weighted by Gasteiger charge is 2.16. The smallest absolute Gasteiger partial charge is 0.00990 e. The van der Waals surface area contributed by atoms with Crippen molar-refractivity contribution in [1.82, 2.24) is 0 Å². The second-order valence-electron chi connectivity index (χ2n) is 9.60. The highest BCUT2D eigenvalue weighted by molar-refractivity contribution is 6.17. The van der Waals surface area contributed by atoms with Gasteiger partial charge in [0.05, 0.1) is 0 Å². The zero-order chi connectivity index (χ0) is 18.7. The molecule has 0 fully saturated rings. The average molecular weight is 341 g/mol. The monoisotopic (exact) mass is 340 g/mol. The Labute approximate surface area is 156 Å². The molecule has 0 N–H and O–H groups in total. The SMILES string of the molecule is CC(C)(C)c1ccc2c(ccc3c4ccc(C(C)(C)C)cc4ccc23)c1. The Morgan fingerprint density at radius 3 is 1.12 bits per heavy atom. The van der Waals surface area contributed by atoms with Crippen molar-refractivity contribution in [3.8, 4) is 0 Å². The van der Waals surface area contributed by atoms with Crippen molar-refractivity contribution in [2.24, 2.45) is 0 Å². The van der Waals surface area contributed by atoms with Crippen LogP contribution >= 0.6 is 0 Å². The second kappa shape index (κ2) is 5.58. The topological polar surface area (TPSA) is 0 Å². The van der Waals surface area contributed by atoms with Crippen LogP contribution in [-0.2, 0) is 10.8 Å². The van der Waals surface area contributed by atoms with Crippen molar-refractivity contribution in [3.63, 3.8) is 0 Å². The van der Waals surface area contributed by atoms with E-state index in [4.69, 9.17) is 0 Å². The van der Waals surface area contributed by atoms with Crippen LogP contribution in [0, 0.1) is 0 Å². The van der Waals surface area contributed by atoms with Crippen molar-refractivity contribution >= 4 is 32.3 Å². The van der Waals surface area contributed by atoms with E-state index in [0.29, 0.717) is 0 Å². The van der Waals surface area contributed by atoms with Crippen LogP contribution in [-0.4, -0.2) is 0 Å². The molecule has 4 aromatic carbocycles. The Kier molecular flexibility index (Phi) is 3.67. The van der Waals surface area contributed by atoms with Crippen LogP contribution in [0.1, 0.15) is 52.7 Å². The van der Waals surface area contributed by atoms with Crippen LogP contribution in [0.3, 0.4) is 0 Å². The molecule has 0 nitrogen and oxygen atoms in total. The van der Waals surface area contributed by atoms with Gasteiger partial charge >= 0.3 is 0 Å². The first-order valence-electron chi connectivity index (χ1n) is 9.55. The molecule has 0 saturated carbocycles. The van der Waals surface area contributed by atoms with E-state index in [9.17, 15) is 0 Å². The van der Waals surface area contributed by atoms with E-state index < -0.39 is 0 Å². The first-order valence-corrected chi connectivity index (χ1v) is 9.55. The van der Waals surface area contributed by atoms with E-state index in [0.717, 1.165) is 0 Å². The van der Waals surface area contributed by atoms with Crippen molar-refractivity contribution in [2.45, 2.75) is 52.4 Å². The van der Waals surface area contributed by atoms with Gasteiger partial charge in [0, 0.05) is 0 Å². The molecule has 0 atom stereocenters. The lowest BCUT2D eigenvalue weighted by atomic mass is 9.84. The molecule has 4 aromatic rings. The molecular weight excluding hydrogens is 312 g/mol. The second-order valence-corrected chi connectivity index (χ2v) is 9.60. The minimum absolute atomic E-state index is 0.176. The summed E-state index contributed by atoms with van der Waals surface area (Å²) in [5.41, 5.74) is 3.13. The largest absolute Gasteiger partial charge is 0.0578 e. The van der Waals surface area contributed by atoms with Gasteiger partial charge in [-0.25, -0.2) is 0 Å². The summed E-state index contributed by atoms with van der Waals surface area (Å²) in [7, 11) is 0. The van der Waals surface area contributed by atoms with Crippen LogP contribution in [0.15, 0.2) is 60.7 Å². The van der Waals surface area contributed by atoms with Crippen LogP contribution < -0.4 is 0 Å². The van der Waals surface area contributed by atoms with E-state index in [1.54, 1.807) is 0 Å². The Balaban J connectivity index is 1.99. The first-order chi connectivity index (χ1) is 12.1. The number of rotatable bonds is 0. The van der Waals surface area contributed by atoms with Gasteiger partial charge in [0.2, 0.25) is 0 Å². The Bertz CT molecular complexity index is 1040. The van der Waals surface area contributed by atoms with Gasteiger partial charge in [-0.2, -0.15) is 0 Å². The third-order valence-corrected chi connectivity index (χ3v) is 5.56. The number of hydrogen-bond acceptors (Lipinski definition) is 0. The molecule has 0 bridgehead atoms. The lowest BCUT2D eigenvalue weighted by molar-refractivity contribution is 0.591. The van der Waals surface area contributed by atoms with Gasteiger partial charge in [0.25, 0.3) is 0 Å². The van der Waals surface area contributed by atoms with Crippen molar-refractivity contribution in [3.05, 3.63) is 71.8 Å². The van der Waals surface area contributed by atoms with Gasteiger partial charge in [0.15, 0.2) is 0 Å². The minimum atomic E-state index is 0.176. The summed E-state index contributed by atoms with van der Waals surface area (Å²) >= 11 is 0. The quantitative estimate of drug-likeness (QED) is 0.287. The van der Waals surface area contributed by atoms with Crippen LogP contribution in [0.25, 0.3) is 32.3 Å². The summed E-state index contributed by atoms with van der Waals surface area (Å²) in [6.45, 7) is 13.6. The number of hydrogen-bond donors (Lipinski definition) is 0. The van der Waals surface area contributed by atoms with E-state index in [1.807, 2.05) is 0 Å². The Hall–Kier alpha value is -2.34. The van der Waals surface area contributed by atoms with Gasteiger partial charge in [-0.05, 0) is 54.3 Å². The van der Waals surface area contributed by atoms with Gasteiger partial charge in [-0.15, -0.1) is 0 Å². The van der Waals surface area contributed by atoms with Crippen LogP contribution in [0.4, 0.5) is 0 Å². The first kappa shape index (κ1) is 17.1. The predicted octanol–water partition coefficient (Wildman–Crippen LogP) is 7.74. The summed E-state index contributed by atoms with van der Waals surface area (Å²) < 4.78 is 0. The highest BCUT2D eigenvalue weighted by Crippen LogP contribution is 2.35. The predicted molar refractivity (Wildman–Crippen MR) is 116 cm³/mol. The van der Waals surface area contributed by atoms with Gasteiger partial charge in [0.1, 0.15) is 0 Å². The van der Waals surface area contributed by atoms with E-state index in [2.05, 4.69) is 102 Å². The van der Waals surface area contributed by atoms with E-state index in [1.165, 1.54) is 43.4 Å². The Morgan fingerprint density at radius 1 is 0.423 bits per heavy atom. The molecule has 4 rings (SSSR count). The zero-order valence-corrected chi connectivity index (χ0v) is 16.8. The molecule has 0 heteroatoms. The number of benzene rings is 4. The van der Waals surface area contributed by atoms with Gasteiger partial charge in [-0.1, -0.05) is 102 Å². The minimum Gasteiger partial charge on any atom is -0.0578 e. The van der Waals surface area contributed by atoms with Crippen LogP contribution in [0.5, 0.6) is 0 Å². The fraction of sp³-hybridized carbons (Fsp3) is 0.308. The molecule has 0 aliphatic heterocycles. The highest BCUT2D eigenvalue weighted by atomic mass is 14.2. The third kappa shape index (κ3) is 2.78. The maximum atomic E-state index is 2.35. The lowest BCUT2D eigenvalue weighted by Crippen LogP contribution is -2.10. The lowest BCUT2D eigenvalue weighted by Gasteiger charge is -2.21. The molecule has 0 spiro atoms. The molecule has 0 heterocycles. The Morgan fingerprint density at radius 2 is 0.769 bits per heavy atom.